The van der Waals surface area contributed by atoms with Gasteiger partial charge < -0.3 is 9.64 Å². The van der Waals surface area contributed by atoms with Crippen molar-refractivity contribution in [1.82, 2.24) is 9.21 Å². The largest absolute Gasteiger partial charge is 0.382 e. The molecule has 0 aliphatic carbocycles. The molecule has 6 heteroatoms. The Kier molecular flexibility index (Phi) is 7.12. The Balaban J connectivity index is 1.69. The number of hydrogen-bond acceptors (Lipinski definition) is 4. The van der Waals surface area contributed by atoms with E-state index in [1.807, 2.05) is 6.92 Å². The summed E-state index contributed by atoms with van der Waals surface area (Å²) < 4.78 is 30.5. The summed E-state index contributed by atoms with van der Waals surface area (Å²) in [4.78, 5) is 2.54. The number of hydrogen-bond donors (Lipinski definition) is 0. The highest BCUT2D eigenvalue weighted by atomic mass is 32.2. The standard InChI is InChI=1S/C16H32N2O3S/c1-3-21-12-8-15-6-10-17(11-7-15)13-16-5-4-9-18(14-16)22(2,19)20/h15-16H,3-14H2,1-2H3/t16-/m0/s1. The molecule has 2 aliphatic rings. The first kappa shape index (κ1) is 18.2. The van der Waals surface area contributed by atoms with Gasteiger partial charge in [-0.25, -0.2) is 12.7 Å². The van der Waals surface area contributed by atoms with Crippen LogP contribution in [0, 0.1) is 11.8 Å². The van der Waals surface area contributed by atoms with Crippen molar-refractivity contribution in [2.24, 2.45) is 11.8 Å². The second kappa shape index (κ2) is 8.62. The Hall–Kier alpha value is -0.170. The zero-order valence-electron chi connectivity index (χ0n) is 14.2. The molecular weight excluding hydrogens is 300 g/mol. The predicted octanol–water partition coefficient (Wildman–Crippen LogP) is 1.80. The van der Waals surface area contributed by atoms with Gasteiger partial charge in [-0.2, -0.15) is 0 Å². The van der Waals surface area contributed by atoms with Crippen LogP contribution in [0.4, 0.5) is 0 Å². The summed E-state index contributed by atoms with van der Waals surface area (Å²) >= 11 is 0. The number of ether oxygens (including phenoxy) is 1. The minimum atomic E-state index is -3.02. The third-order valence-corrected chi connectivity index (χ3v) is 6.32. The van der Waals surface area contributed by atoms with E-state index in [-0.39, 0.29) is 0 Å². The molecule has 1 atom stereocenters. The summed E-state index contributed by atoms with van der Waals surface area (Å²) in [6.07, 6.45) is 7.20. The SMILES string of the molecule is CCOCCC1CCN(C[C@@H]2CCCN(S(C)(=O)=O)C2)CC1. The summed E-state index contributed by atoms with van der Waals surface area (Å²) in [6.45, 7) is 8.55. The van der Waals surface area contributed by atoms with E-state index < -0.39 is 10.0 Å². The van der Waals surface area contributed by atoms with Crippen LogP contribution in [-0.4, -0.2) is 69.8 Å². The second-order valence-electron chi connectivity index (χ2n) is 6.86. The molecule has 0 aromatic rings. The van der Waals surface area contributed by atoms with Crippen LogP contribution in [-0.2, 0) is 14.8 Å². The van der Waals surface area contributed by atoms with E-state index in [2.05, 4.69) is 4.90 Å². The summed E-state index contributed by atoms with van der Waals surface area (Å²) in [5, 5.41) is 0. The monoisotopic (exact) mass is 332 g/mol. The summed E-state index contributed by atoms with van der Waals surface area (Å²) in [5.41, 5.74) is 0. The number of likely N-dealkylation sites (tertiary alicyclic amines) is 1. The van der Waals surface area contributed by atoms with Crippen LogP contribution < -0.4 is 0 Å². The molecule has 0 aromatic carbocycles. The maximum atomic E-state index is 11.7. The fraction of sp³-hybridized carbons (Fsp3) is 1.00. The Morgan fingerprint density at radius 1 is 1.09 bits per heavy atom. The van der Waals surface area contributed by atoms with Crippen LogP contribution in [0.25, 0.3) is 0 Å². The molecule has 2 heterocycles. The zero-order chi connectivity index (χ0) is 16.0. The van der Waals surface area contributed by atoms with Gasteiger partial charge in [0, 0.05) is 32.8 Å². The Bertz CT molecular complexity index is 419. The first-order valence-electron chi connectivity index (χ1n) is 8.74. The van der Waals surface area contributed by atoms with Crippen molar-refractivity contribution in [3.8, 4) is 0 Å². The van der Waals surface area contributed by atoms with E-state index in [9.17, 15) is 8.42 Å². The number of nitrogens with zero attached hydrogens (tertiary/aromatic N) is 2. The van der Waals surface area contributed by atoms with Crippen molar-refractivity contribution >= 4 is 10.0 Å². The third-order valence-electron chi connectivity index (χ3n) is 5.05. The summed E-state index contributed by atoms with van der Waals surface area (Å²) in [6, 6.07) is 0. The van der Waals surface area contributed by atoms with Gasteiger partial charge in [-0.05, 0) is 64.0 Å². The number of rotatable bonds is 7. The topological polar surface area (TPSA) is 49.9 Å². The summed E-state index contributed by atoms with van der Waals surface area (Å²) in [5.74, 6) is 1.31. The van der Waals surface area contributed by atoms with E-state index in [0.717, 1.165) is 51.6 Å². The van der Waals surface area contributed by atoms with E-state index in [1.54, 1.807) is 4.31 Å². The average Bonchev–Trinajstić information content (AvgIpc) is 2.49. The molecule has 0 aromatic heterocycles. The van der Waals surface area contributed by atoms with Crippen LogP contribution in [0.5, 0.6) is 0 Å². The molecule has 0 saturated carbocycles. The van der Waals surface area contributed by atoms with Crippen molar-refractivity contribution in [2.75, 3.05) is 52.2 Å². The Morgan fingerprint density at radius 2 is 1.82 bits per heavy atom. The van der Waals surface area contributed by atoms with Crippen LogP contribution in [0.15, 0.2) is 0 Å². The molecule has 0 N–H and O–H groups in total. The maximum absolute atomic E-state index is 11.7. The van der Waals surface area contributed by atoms with Crippen LogP contribution >= 0.6 is 0 Å². The van der Waals surface area contributed by atoms with Gasteiger partial charge in [-0.15, -0.1) is 0 Å². The van der Waals surface area contributed by atoms with Crippen molar-refractivity contribution in [1.29, 1.82) is 0 Å². The fourth-order valence-electron chi connectivity index (χ4n) is 3.69. The molecule has 2 aliphatic heterocycles. The summed E-state index contributed by atoms with van der Waals surface area (Å²) in [7, 11) is -3.02. The first-order valence-corrected chi connectivity index (χ1v) is 10.6. The van der Waals surface area contributed by atoms with Gasteiger partial charge in [-0.3, -0.25) is 0 Å². The van der Waals surface area contributed by atoms with Crippen molar-refractivity contribution < 1.29 is 13.2 Å². The number of sulfonamides is 1. The highest BCUT2D eigenvalue weighted by molar-refractivity contribution is 7.88. The maximum Gasteiger partial charge on any atom is 0.211 e. The van der Waals surface area contributed by atoms with Gasteiger partial charge in [0.2, 0.25) is 10.0 Å². The average molecular weight is 333 g/mol. The lowest BCUT2D eigenvalue weighted by Crippen LogP contribution is -2.45. The highest BCUT2D eigenvalue weighted by Crippen LogP contribution is 2.24. The molecule has 0 unspecified atom stereocenters. The van der Waals surface area contributed by atoms with E-state index in [0.29, 0.717) is 19.0 Å². The molecule has 2 rings (SSSR count). The lowest BCUT2D eigenvalue weighted by Gasteiger charge is -2.37. The molecule has 130 valence electrons. The van der Waals surface area contributed by atoms with E-state index in [1.165, 1.54) is 25.5 Å². The zero-order valence-corrected chi connectivity index (χ0v) is 15.0. The molecule has 0 radical (unpaired) electrons. The third kappa shape index (κ3) is 5.80. The van der Waals surface area contributed by atoms with Gasteiger partial charge in [0.15, 0.2) is 0 Å². The molecule has 0 bridgehead atoms. The predicted molar refractivity (Wildman–Crippen MR) is 89.4 cm³/mol. The van der Waals surface area contributed by atoms with Gasteiger partial charge >= 0.3 is 0 Å². The smallest absolute Gasteiger partial charge is 0.211 e. The highest BCUT2D eigenvalue weighted by Gasteiger charge is 2.28. The normalized spacial score (nSPS) is 26.4. The van der Waals surface area contributed by atoms with Gasteiger partial charge in [-0.1, -0.05) is 0 Å². The molecule has 0 amide bonds. The van der Waals surface area contributed by atoms with Crippen LogP contribution in [0.2, 0.25) is 0 Å². The molecule has 0 spiro atoms. The van der Waals surface area contributed by atoms with Gasteiger partial charge in [0.05, 0.1) is 6.26 Å². The van der Waals surface area contributed by atoms with E-state index in [4.69, 9.17) is 4.74 Å². The second-order valence-corrected chi connectivity index (χ2v) is 8.84. The lowest BCUT2D eigenvalue weighted by atomic mass is 9.92. The quantitative estimate of drug-likeness (QED) is 0.667. The van der Waals surface area contributed by atoms with Crippen molar-refractivity contribution in [3.63, 3.8) is 0 Å². The Morgan fingerprint density at radius 3 is 2.45 bits per heavy atom. The van der Waals surface area contributed by atoms with Crippen LogP contribution in [0.1, 0.15) is 39.0 Å². The van der Waals surface area contributed by atoms with Crippen molar-refractivity contribution in [3.05, 3.63) is 0 Å². The molecule has 2 saturated heterocycles. The van der Waals surface area contributed by atoms with Crippen molar-refractivity contribution in [2.45, 2.75) is 39.0 Å². The minimum absolute atomic E-state index is 0.503. The molecule has 2 fully saturated rings. The molecular formula is C16H32N2O3S. The minimum Gasteiger partial charge on any atom is -0.382 e. The lowest BCUT2D eigenvalue weighted by molar-refractivity contribution is 0.0989. The fourth-order valence-corrected chi connectivity index (χ4v) is 4.64. The van der Waals surface area contributed by atoms with E-state index >= 15 is 0 Å². The van der Waals surface area contributed by atoms with Gasteiger partial charge in [0.1, 0.15) is 0 Å². The number of piperidine rings is 2. The molecule has 22 heavy (non-hydrogen) atoms. The molecule has 5 nitrogen and oxygen atoms in total. The Labute approximate surface area is 136 Å². The van der Waals surface area contributed by atoms with Gasteiger partial charge in [0.25, 0.3) is 0 Å². The first-order chi connectivity index (χ1) is 10.5. The van der Waals surface area contributed by atoms with Crippen LogP contribution in [0.3, 0.4) is 0 Å².